The maximum absolute atomic E-state index is 12.3. The molecule has 8 heteroatoms. The molecule has 1 aliphatic heterocycles. The second kappa shape index (κ2) is 6.82. The molecule has 1 N–H and O–H groups in total. The predicted molar refractivity (Wildman–Crippen MR) is 81.8 cm³/mol. The van der Waals surface area contributed by atoms with Crippen LogP contribution in [0.15, 0.2) is 0 Å². The van der Waals surface area contributed by atoms with Crippen molar-refractivity contribution in [2.45, 2.75) is 45.1 Å². The summed E-state index contributed by atoms with van der Waals surface area (Å²) in [7, 11) is 0. The Balaban J connectivity index is 2.06. The van der Waals surface area contributed by atoms with Crippen LogP contribution in [0, 0.1) is 5.41 Å². The van der Waals surface area contributed by atoms with E-state index in [9.17, 15) is 29.1 Å². The van der Waals surface area contributed by atoms with Crippen molar-refractivity contribution in [3.63, 3.8) is 0 Å². The molecular formula is C15H19NO6S. The van der Waals surface area contributed by atoms with Crippen molar-refractivity contribution in [1.29, 1.82) is 0 Å². The molecule has 0 aromatic rings. The minimum absolute atomic E-state index is 0.0388. The number of nitrogens with zero attached hydrogens (tertiary/aromatic N) is 1. The van der Waals surface area contributed by atoms with Gasteiger partial charge in [0.15, 0.2) is 5.12 Å². The van der Waals surface area contributed by atoms with Crippen molar-refractivity contribution in [3.8, 4) is 0 Å². The summed E-state index contributed by atoms with van der Waals surface area (Å²) in [6.45, 7) is 1.31. The lowest BCUT2D eigenvalue weighted by atomic mass is 9.82. The van der Waals surface area contributed by atoms with Crippen LogP contribution in [-0.2, 0) is 24.0 Å². The Hall–Kier alpha value is -1.70. The molecule has 2 rings (SSSR count). The average Bonchev–Trinajstić information content (AvgIpc) is 3.01. The van der Waals surface area contributed by atoms with Crippen LogP contribution in [0.1, 0.15) is 39.0 Å². The smallest absolute Gasteiger partial charge is 0.326 e. The first kappa shape index (κ1) is 17.7. The Morgan fingerprint density at radius 3 is 2.39 bits per heavy atom. The molecule has 1 saturated heterocycles. The second-order valence-electron chi connectivity index (χ2n) is 5.95. The number of hydrogen-bond acceptors (Lipinski definition) is 6. The quantitative estimate of drug-likeness (QED) is 0.577. The summed E-state index contributed by atoms with van der Waals surface area (Å²) in [5.74, 6) is -1.60. The molecular weight excluding hydrogens is 322 g/mol. The van der Waals surface area contributed by atoms with Crippen LogP contribution in [0.25, 0.3) is 0 Å². The molecule has 126 valence electrons. The number of aliphatic carboxylic acids is 1. The van der Waals surface area contributed by atoms with Gasteiger partial charge in [0.05, 0.1) is 0 Å². The van der Waals surface area contributed by atoms with Gasteiger partial charge in [-0.1, -0.05) is 11.8 Å². The highest BCUT2D eigenvalue weighted by Crippen LogP contribution is 2.43. The van der Waals surface area contributed by atoms with Crippen molar-refractivity contribution in [1.82, 2.24) is 4.90 Å². The van der Waals surface area contributed by atoms with Gasteiger partial charge in [-0.25, -0.2) is 4.79 Å². The molecule has 2 fully saturated rings. The Morgan fingerprint density at radius 2 is 1.87 bits per heavy atom. The van der Waals surface area contributed by atoms with Gasteiger partial charge in [0.2, 0.25) is 5.91 Å². The lowest BCUT2D eigenvalue weighted by Crippen LogP contribution is -2.41. The molecule has 1 unspecified atom stereocenters. The van der Waals surface area contributed by atoms with Gasteiger partial charge in [-0.2, -0.15) is 0 Å². The van der Waals surface area contributed by atoms with Crippen molar-refractivity contribution in [2.24, 2.45) is 5.41 Å². The number of carboxylic acid groups (broad SMARTS) is 1. The summed E-state index contributed by atoms with van der Waals surface area (Å²) in [6, 6.07) is -1.13. The van der Waals surface area contributed by atoms with Crippen LogP contribution in [0.4, 0.5) is 0 Å². The zero-order valence-corrected chi connectivity index (χ0v) is 13.7. The molecule has 1 spiro atoms. The molecule has 1 aliphatic carbocycles. The third kappa shape index (κ3) is 3.46. The highest BCUT2D eigenvalue weighted by Gasteiger charge is 2.59. The van der Waals surface area contributed by atoms with E-state index in [1.54, 1.807) is 0 Å². The summed E-state index contributed by atoms with van der Waals surface area (Å²) >= 11 is 1.11. The number of Topliss-reactive ketones (excluding diaryl/α,β-unsaturated/α-hetero) is 2. The number of rotatable bonds is 5. The summed E-state index contributed by atoms with van der Waals surface area (Å²) in [6.07, 6.45) is 0.683. The number of thioether (sulfide) groups is 1. The van der Waals surface area contributed by atoms with Crippen LogP contribution in [0.2, 0.25) is 0 Å². The van der Waals surface area contributed by atoms with Gasteiger partial charge in [-0.05, 0) is 12.8 Å². The van der Waals surface area contributed by atoms with Crippen LogP contribution < -0.4 is 0 Å². The zero-order chi connectivity index (χ0) is 17.2. The fraction of sp³-hybridized carbons (Fsp3) is 0.667. The number of ketones is 2. The highest BCUT2D eigenvalue weighted by atomic mass is 32.2. The molecule has 1 atom stereocenters. The van der Waals surface area contributed by atoms with Gasteiger partial charge in [-0.3, -0.25) is 19.2 Å². The summed E-state index contributed by atoms with van der Waals surface area (Å²) in [5, 5.41) is 9.29. The van der Waals surface area contributed by atoms with Crippen LogP contribution in [0.3, 0.4) is 0 Å². The summed E-state index contributed by atoms with van der Waals surface area (Å²) < 4.78 is 0. The number of carbonyl (C=O) groups is 5. The molecule has 0 radical (unpaired) electrons. The van der Waals surface area contributed by atoms with Gasteiger partial charge in [-0.15, -0.1) is 0 Å². The lowest BCUT2D eigenvalue weighted by Gasteiger charge is -2.22. The number of likely N-dealkylation sites (tertiary alicyclic amines) is 1. The van der Waals surface area contributed by atoms with E-state index in [-0.39, 0.29) is 54.8 Å². The molecule has 1 heterocycles. The van der Waals surface area contributed by atoms with E-state index in [4.69, 9.17) is 0 Å². The van der Waals surface area contributed by atoms with Gasteiger partial charge >= 0.3 is 5.97 Å². The fourth-order valence-corrected chi connectivity index (χ4v) is 3.81. The number of hydrogen-bond donors (Lipinski definition) is 1. The Bertz CT molecular complexity index is 556. The Morgan fingerprint density at radius 1 is 1.26 bits per heavy atom. The molecule has 0 bridgehead atoms. The molecule has 1 saturated carbocycles. The standard InChI is InChI=1S/C15H19NO6S/c1-9(17)23-6-2-3-13(20)16-8-15(7-10(16)14(21)22)11(18)4-5-12(15)19/h10H,2-8H2,1H3,(H,21,22). The normalized spacial score (nSPS) is 22.8. The van der Waals surface area contributed by atoms with Gasteiger partial charge in [0, 0.05) is 38.5 Å². The Labute approximate surface area is 137 Å². The van der Waals surface area contributed by atoms with E-state index in [0.29, 0.717) is 12.2 Å². The van der Waals surface area contributed by atoms with E-state index in [1.807, 2.05) is 0 Å². The van der Waals surface area contributed by atoms with E-state index in [2.05, 4.69) is 0 Å². The minimum Gasteiger partial charge on any atom is -0.480 e. The van der Waals surface area contributed by atoms with E-state index >= 15 is 0 Å². The van der Waals surface area contributed by atoms with Gasteiger partial charge in [0.1, 0.15) is 23.0 Å². The first-order chi connectivity index (χ1) is 10.8. The van der Waals surface area contributed by atoms with Crippen LogP contribution in [-0.4, -0.2) is 56.9 Å². The summed E-state index contributed by atoms with van der Waals surface area (Å²) in [4.78, 5) is 59.9. The SMILES string of the molecule is CC(=O)SCCCC(=O)N1CC2(CC1C(=O)O)C(=O)CCC2=O. The van der Waals surface area contributed by atoms with Crippen LogP contribution in [0.5, 0.6) is 0 Å². The van der Waals surface area contributed by atoms with Crippen molar-refractivity contribution in [2.75, 3.05) is 12.3 Å². The summed E-state index contributed by atoms with van der Waals surface area (Å²) in [5.41, 5.74) is -1.31. The second-order valence-corrected chi connectivity index (χ2v) is 7.22. The topological polar surface area (TPSA) is 109 Å². The fourth-order valence-electron chi connectivity index (χ4n) is 3.24. The van der Waals surface area contributed by atoms with Crippen molar-refractivity contribution >= 4 is 40.3 Å². The van der Waals surface area contributed by atoms with Crippen molar-refractivity contribution < 1.29 is 29.1 Å². The third-order valence-electron chi connectivity index (χ3n) is 4.45. The first-order valence-electron chi connectivity index (χ1n) is 7.50. The maximum atomic E-state index is 12.3. The van der Waals surface area contributed by atoms with Gasteiger partial charge in [0.25, 0.3) is 0 Å². The molecule has 1 amide bonds. The van der Waals surface area contributed by atoms with E-state index in [0.717, 1.165) is 16.7 Å². The van der Waals surface area contributed by atoms with Gasteiger partial charge < -0.3 is 10.0 Å². The number of carboxylic acids is 1. The van der Waals surface area contributed by atoms with Crippen molar-refractivity contribution in [3.05, 3.63) is 0 Å². The molecule has 23 heavy (non-hydrogen) atoms. The maximum Gasteiger partial charge on any atom is 0.326 e. The predicted octanol–water partition coefficient (Wildman–Crippen LogP) is 0.650. The first-order valence-corrected chi connectivity index (χ1v) is 8.49. The lowest BCUT2D eigenvalue weighted by molar-refractivity contribution is -0.148. The number of amides is 1. The van der Waals surface area contributed by atoms with E-state index in [1.165, 1.54) is 6.92 Å². The highest BCUT2D eigenvalue weighted by molar-refractivity contribution is 8.13. The Kier molecular flexibility index (Phi) is 5.23. The average molecular weight is 341 g/mol. The third-order valence-corrected chi connectivity index (χ3v) is 5.35. The zero-order valence-electron chi connectivity index (χ0n) is 12.9. The minimum atomic E-state index is -1.31. The molecule has 0 aromatic heterocycles. The molecule has 2 aliphatic rings. The molecule has 0 aromatic carbocycles. The monoisotopic (exact) mass is 341 g/mol. The van der Waals surface area contributed by atoms with E-state index < -0.39 is 17.4 Å². The van der Waals surface area contributed by atoms with Crippen LogP contribution >= 0.6 is 11.8 Å². The molecule has 7 nitrogen and oxygen atoms in total. The number of carbonyl (C=O) groups excluding carboxylic acids is 4. The largest absolute Gasteiger partial charge is 0.480 e.